The molecule has 0 aromatic heterocycles. The van der Waals surface area contributed by atoms with E-state index in [0.29, 0.717) is 5.92 Å². The van der Waals surface area contributed by atoms with Gasteiger partial charge in [-0.15, -0.1) is 0 Å². The molecule has 2 aliphatic rings. The molecule has 1 aromatic carbocycles. The van der Waals surface area contributed by atoms with Crippen molar-refractivity contribution >= 4 is 0 Å². The Morgan fingerprint density at radius 3 is 2.33 bits per heavy atom. The van der Waals surface area contributed by atoms with E-state index in [4.69, 9.17) is 4.74 Å². The highest BCUT2D eigenvalue weighted by Gasteiger charge is 2.24. The third-order valence-corrected chi connectivity index (χ3v) is 4.27. The van der Waals surface area contributed by atoms with Crippen molar-refractivity contribution in [2.24, 2.45) is 5.92 Å². The van der Waals surface area contributed by atoms with Gasteiger partial charge in [0, 0.05) is 13.2 Å². The van der Waals surface area contributed by atoms with Gasteiger partial charge in [-0.3, -0.25) is 0 Å². The van der Waals surface area contributed by atoms with E-state index >= 15 is 0 Å². The van der Waals surface area contributed by atoms with E-state index in [9.17, 15) is 5.11 Å². The van der Waals surface area contributed by atoms with E-state index in [-0.39, 0.29) is 6.10 Å². The van der Waals surface area contributed by atoms with Crippen LogP contribution in [0.3, 0.4) is 0 Å². The van der Waals surface area contributed by atoms with Crippen LogP contribution in [0.4, 0.5) is 0 Å². The van der Waals surface area contributed by atoms with Gasteiger partial charge in [-0.2, -0.15) is 0 Å². The van der Waals surface area contributed by atoms with E-state index < -0.39 is 0 Å². The predicted octanol–water partition coefficient (Wildman–Crippen LogP) is 3.41. The molecule has 0 spiro atoms. The topological polar surface area (TPSA) is 29.5 Å². The summed E-state index contributed by atoms with van der Waals surface area (Å²) in [6, 6.07) is 8.61. The number of benzene rings is 1. The normalized spacial score (nSPS) is 22.9. The molecule has 1 aliphatic carbocycles. The number of aliphatic hydroxyl groups is 1. The first kappa shape index (κ1) is 12.2. The monoisotopic (exact) mass is 246 g/mol. The van der Waals surface area contributed by atoms with Gasteiger partial charge in [-0.05, 0) is 55.1 Å². The van der Waals surface area contributed by atoms with Crippen molar-refractivity contribution in [2.45, 2.75) is 44.1 Å². The smallest absolute Gasteiger partial charge is 0.0792 e. The average molecular weight is 246 g/mol. The van der Waals surface area contributed by atoms with E-state index in [2.05, 4.69) is 24.3 Å². The molecular formula is C16H22O2. The van der Waals surface area contributed by atoms with Crippen LogP contribution in [-0.2, 0) is 4.74 Å². The van der Waals surface area contributed by atoms with E-state index in [1.165, 1.54) is 18.4 Å². The van der Waals surface area contributed by atoms with Gasteiger partial charge in [0.2, 0.25) is 0 Å². The van der Waals surface area contributed by atoms with Crippen molar-refractivity contribution in [2.75, 3.05) is 13.2 Å². The number of aliphatic hydroxyl groups excluding tert-OH is 1. The Kier molecular flexibility index (Phi) is 3.67. The number of hydrogen-bond donors (Lipinski definition) is 1. The molecule has 1 N–H and O–H groups in total. The molecule has 18 heavy (non-hydrogen) atoms. The van der Waals surface area contributed by atoms with Crippen molar-refractivity contribution in [3.05, 3.63) is 35.4 Å². The zero-order chi connectivity index (χ0) is 12.4. The van der Waals surface area contributed by atoms with Crippen LogP contribution in [0.2, 0.25) is 0 Å². The molecule has 2 heteroatoms. The fourth-order valence-electron chi connectivity index (χ4n) is 2.84. The minimum absolute atomic E-state index is 0.304. The van der Waals surface area contributed by atoms with Crippen LogP contribution in [-0.4, -0.2) is 18.3 Å². The first-order chi connectivity index (χ1) is 8.83. The summed E-state index contributed by atoms with van der Waals surface area (Å²) in [6.45, 7) is 1.72. The molecule has 0 amide bonds. The van der Waals surface area contributed by atoms with Gasteiger partial charge in [0.25, 0.3) is 0 Å². The summed E-state index contributed by atoms with van der Waals surface area (Å²) in [5.74, 6) is 1.42. The summed E-state index contributed by atoms with van der Waals surface area (Å²) in [7, 11) is 0. The maximum atomic E-state index is 10.3. The lowest BCUT2D eigenvalue weighted by Crippen LogP contribution is -2.18. The zero-order valence-corrected chi connectivity index (χ0v) is 10.8. The van der Waals surface area contributed by atoms with E-state index in [1.54, 1.807) is 0 Å². The summed E-state index contributed by atoms with van der Waals surface area (Å²) >= 11 is 0. The van der Waals surface area contributed by atoms with Crippen LogP contribution in [0.25, 0.3) is 0 Å². The number of rotatable bonds is 4. The Hall–Kier alpha value is -0.860. The third kappa shape index (κ3) is 2.93. The Balaban J connectivity index is 1.58. The third-order valence-electron chi connectivity index (χ3n) is 4.27. The zero-order valence-electron chi connectivity index (χ0n) is 10.8. The van der Waals surface area contributed by atoms with Gasteiger partial charge in [-0.1, -0.05) is 24.3 Å². The molecule has 3 rings (SSSR count). The molecule has 1 atom stereocenters. The highest BCUT2D eigenvalue weighted by atomic mass is 16.5. The highest BCUT2D eigenvalue weighted by molar-refractivity contribution is 5.29. The predicted molar refractivity (Wildman–Crippen MR) is 71.5 cm³/mol. The summed E-state index contributed by atoms with van der Waals surface area (Å²) in [4.78, 5) is 0. The molecule has 1 aromatic rings. The van der Waals surface area contributed by atoms with Crippen molar-refractivity contribution in [3.63, 3.8) is 0 Å². The summed E-state index contributed by atoms with van der Waals surface area (Å²) in [6.07, 6.45) is 5.44. The van der Waals surface area contributed by atoms with Gasteiger partial charge in [0.05, 0.1) is 6.10 Å². The Morgan fingerprint density at radius 2 is 1.72 bits per heavy atom. The largest absolute Gasteiger partial charge is 0.388 e. The molecule has 0 bridgehead atoms. The van der Waals surface area contributed by atoms with Crippen molar-refractivity contribution in [3.8, 4) is 0 Å². The van der Waals surface area contributed by atoms with Crippen molar-refractivity contribution in [1.82, 2.24) is 0 Å². The van der Waals surface area contributed by atoms with Crippen LogP contribution >= 0.6 is 0 Å². The minimum atomic E-state index is -0.304. The quantitative estimate of drug-likeness (QED) is 0.882. The standard InChI is InChI=1S/C16H22O2/c17-16(11-12-7-9-18-10-8-12)15-5-3-14(4-6-15)13-1-2-13/h3-6,12-13,16-17H,1-2,7-11H2. The molecule has 2 nitrogen and oxygen atoms in total. The summed E-state index contributed by atoms with van der Waals surface area (Å²) < 4.78 is 5.35. The molecule has 1 saturated heterocycles. The molecule has 1 unspecified atom stereocenters. The fraction of sp³-hybridized carbons (Fsp3) is 0.625. The van der Waals surface area contributed by atoms with Gasteiger partial charge in [0.1, 0.15) is 0 Å². The molecule has 1 saturated carbocycles. The average Bonchev–Trinajstić information content (AvgIpc) is 3.24. The second-order valence-electron chi connectivity index (χ2n) is 5.75. The highest BCUT2D eigenvalue weighted by Crippen LogP contribution is 2.40. The van der Waals surface area contributed by atoms with Gasteiger partial charge >= 0.3 is 0 Å². The fourth-order valence-corrected chi connectivity index (χ4v) is 2.84. The second kappa shape index (κ2) is 5.41. The van der Waals surface area contributed by atoms with Crippen LogP contribution < -0.4 is 0 Å². The molecular weight excluding hydrogens is 224 g/mol. The van der Waals surface area contributed by atoms with E-state index in [1.807, 2.05) is 0 Å². The van der Waals surface area contributed by atoms with Crippen molar-refractivity contribution < 1.29 is 9.84 Å². The van der Waals surface area contributed by atoms with Gasteiger partial charge in [-0.25, -0.2) is 0 Å². The SMILES string of the molecule is OC(CC1CCOCC1)c1ccc(C2CC2)cc1. The first-order valence-electron chi connectivity index (χ1n) is 7.18. The molecule has 98 valence electrons. The van der Waals surface area contributed by atoms with Gasteiger partial charge < -0.3 is 9.84 Å². The van der Waals surface area contributed by atoms with Crippen LogP contribution in [0.1, 0.15) is 55.3 Å². The number of ether oxygens (including phenoxy) is 1. The Morgan fingerprint density at radius 1 is 1.06 bits per heavy atom. The maximum Gasteiger partial charge on any atom is 0.0792 e. The Bertz CT molecular complexity index is 375. The van der Waals surface area contributed by atoms with Crippen LogP contribution in [0, 0.1) is 5.92 Å². The first-order valence-corrected chi connectivity index (χ1v) is 7.18. The maximum absolute atomic E-state index is 10.3. The van der Waals surface area contributed by atoms with Crippen molar-refractivity contribution in [1.29, 1.82) is 0 Å². The lowest BCUT2D eigenvalue weighted by molar-refractivity contribution is 0.0435. The summed E-state index contributed by atoms with van der Waals surface area (Å²) in [5, 5.41) is 10.3. The molecule has 2 fully saturated rings. The molecule has 0 radical (unpaired) electrons. The minimum Gasteiger partial charge on any atom is -0.388 e. The lowest BCUT2D eigenvalue weighted by Gasteiger charge is -2.24. The molecule has 1 aliphatic heterocycles. The molecule has 1 heterocycles. The van der Waals surface area contributed by atoms with Crippen LogP contribution in [0.15, 0.2) is 24.3 Å². The van der Waals surface area contributed by atoms with E-state index in [0.717, 1.165) is 44.0 Å². The Labute approximate surface area is 109 Å². The van der Waals surface area contributed by atoms with Gasteiger partial charge in [0.15, 0.2) is 0 Å². The summed E-state index contributed by atoms with van der Waals surface area (Å²) in [5.41, 5.74) is 2.52. The lowest BCUT2D eigenvalue weighted by atomic mass is 9.90. The number of hydrogen-bond acceptors (Lipinski definition) is 2. The van der Waals surface area contributed by atoms with Crippen LogP contribution in [0.5, 0.6) is 0 Å². The second-order valence-corrected chi connectivity index (χ2v) is 5.75.